The Bertz CT molecular complexity index is 518. The van der Waals surface area contributed by atoms with E-state index in [-0.39, 0.29) is 11.5 Å². The van der Waals surface area contributed by atoms with Crippen molar-refractivity contribution in [3.05, 3.63) is 18.0 Å². The van der Waals surface area contributed by atoms with Gasteiger partial charge in [0.05, 0.1) is 17.5 Å². The van der Waals surface area contributed by atoms with Crippen molar-refractivity contribution in [1.29, 1.82) is 0 Å². The van der Waals surface area contributed by atoms with Gasteiger partial charge in [-0.2, -0.15) is 5.10 Å². The van der Waals surface area contributed by atoms with Crippen LogP contribution in [0.25, 0.3) is 0 Å². The smallest absolute Gasteiger partial charge is 0.257 e. The van der Waals surface area contributed by atoms with E-state index in [0.717, 1.165) is 10.9 Å². The average molecular weight is 262 g/mol. The van der Waals surface area contributed by atoms with Crippen LogP contribution < -0.4 is 0 Å². The highest BCUT2D eigenvalue weighted by Gasteiger charge is 2.12. The van der Waals surface area contributed by atoms with E-state index in [1.54, 1.807) is 0 Å². The topological polar surface area (TPSA) is 86.1 Å². The van der Waals surface area contributed by atoms with Crippen LogP contribution in [-0.2, 0) is 8.87 Å². The van der Waals surface area contributed by atoms with Crippen LogP contribution in [-0.4, -0.2) is 41.9 Å². The number of carbonyl (C=O) groups excluding carboxylic acids is 2. The predicted octanol–water partition coefficient (Wildman–Crippen LogP) is 0.419. The highest BCUT2D eigenvalue weighted by Crippen LogP contribution is 2.10. The molecular weight excluding hydrogens is 252 g/mol. The Hall–Kier alpha value is -1.15. The van der Waals surface area contributed by atoms with E-state index < -0.39 is 14.8 Å². The first-order valence-electron chi connectivity index (χ1n) is 4.23. The SMILES string of the molecule is CC(=O)c1cnn(C(=O)CSS(C)(=O)=O)c1. The number of rotatable bonds is 4. The number of hydrogen-bond donors (Lipinski definition) is 0. The minimum atomic E-state index is -3.25. The molecule has 88 valence electrons. The molecule has 0 fully saturated rings. The zero-order valence-corrected chi connectivity index (χ0v) is 10.3. The molecule has 0 bridgehead atoms. The van der Waals surface area contributed by atoms with Gasteiger partial charge < -0.3 is 0 Å². The Balaban J connectivity index is 2.70. The molecule has 1 rings (SSSR count). The molecule has 0 aliphatic rings. The van der Waals surface area contributed by atoms with Crippen molar-refractivity contribution in [2.24, 2.45) is 0 Å². The molecule has 0 saturated heterocycles. The molecule has 0 aromatic carbocycles. The Morgan fingerprint density at radius 2 is 2.12 bits per heavy atom. The van der Waals surface area contributed by atoms with Crippen molar-refractivity contribution in [3.63, 3.8) is 0 Å². The van der Waals surface area contributed by atoms with Crippen molar-refractivity contribution in [2.75, 3.05) is 12.0 Å². The summed E-state index contributed by atoms with van der Waals surface area (Å²) in [5.74, 6) is -0.907. The van der Waals surface area contributed by atoms with E-state index in [2.05, 4.69) is 5.10 Å². The van der Waals surface area contributed by atoms with Crippen molar-refractivity contribution in [1.82, 2.24) is 9.78 Å². The molecule has 0 radical (unpaired) electrons. The summed E-state index contributed by atoms with van der Waals surface area (Å²) in [6.45, 7) is 1.36. The molecule has 8 heteroatoms. The van der Waals surface area contributed by atoms with E-state index in [0.29, 0.717) is 16.4 Å². The molecule has 0 N–H and O–H groups in total. The summed E-state index contributed by atoms with van der Waals surface area (Å²) in [5, 5.41) is 3.68. The van der Waals surface area contributed by atoms with Crippen LogP contribution >= 0.6 is 10.8 Å². The molecule has 6 nitrogen and oxygen atoms in total. The summed E-state index contributed by atoms with van der Waals surface area (Å²) in [6, 6.07) is 0. The zero-order chi connectivity index (χ0) is 12.3. The number of aromatic nitrogens is 2. The first kappa shape index (κ1) is 12.9. The molecule has 0 aliphatic heterocycles. The Labute approximate surface area is 96.3 Å². The first-order chi connectivity index (χ1) is 7.29. The lowest BCUT2D eigenvalue weighted by Crippen LogP contribution is -2.14. The molecule has 0 atom stereocenters. The van der Waals surface area contributed by atoms with Crippen LogP contribution in [0.4, 0.5) is 0 Å². The molecule has 1 aromatic heterocycles. The largest absolute Gasteiger partial charge is 0.294 e. The number of ketones is 1. The van der Waals surface area contributed by atoms with E-state index in [1.807, 2.05) is 0 Å². The van der Waals surface area contributed by atoms with Gasteiger partial charge in [0, 0.05) is 12.5 Å². The number of nitrogens with zero attached hydrogens (tertiary/aromatic N) is 2. The second-order valence-electron chi connectivity index (χ2n) is 3.09. The maximum atomic E-state index is 11.4. The molecule has 1 heterocycles. The van der Waals surface area contributed by atoms with Gasteiger partial charge in [-0.25, -0.2) is 13.1 Å². The minimum Gasteiger partial charge on any atom is -0.294 e. The molecule has 0 unspecified atom stereocenters. The fourth-order valence-electron chi connectivity index (χ4n) is 0.865. The van der Waals surface area contributed by atoms with Gasteiger partial charge >= 0.3 is 0 Å². The van der Waals surface area contributed by atoms with Crippen molar-refractivity contribution in [2.45, 2.75) is 6.92 Å². The molecule has 0 aliphatic carbocycles. The number of hydrogen-bond acceptors (Lipinski definition) is 6. The van der Waals surface area contributed by atoms with Gasteiger partial charge in [-0.15, -0.1) is 0 Å². The molecule has 0 spiro atoms. The Morgan fingerprint density at radius 3 is 2.56 bits per heavy atom. The summed E-state index contributed by atoms with van der Waals surface area (Å²) in [5.41, 5.74) is 0.317. The highest BCUT2D eigenvalue weighted by atomic mass is 33.1. The third-order valence-corrected chi connectivity index (χ3v) is 4.07. The van der Waals surface area contributed by atoms with Crippen molar-refractivity contribution in [3.8, 4) is 0 Å². The second kappa shape index (κ2) is 4.79. The predicted molar refractivity (Wildman–Crippen MR) is 60.2 cm³/mol. The lowest BCUT2D eigenvalue weighted by atomic mass is 10.3. The summed E-state index contributed by atoms with van der Waals surface area (Å²) in [6.07, 6.45) is 3.58. The standard InChI is InChI=1S/C8H10N2O4S2/c1-6(11)7-3-9-10(4-7)8(12)5-15-16(2,13)14/h3-4H,5H2,1-2H3. The van der Waals surface area contributed by atoms with Crippen LogP contribution in [0.1, 0.15) is 22.1 Å². The quantitative estimate of drug-likeness (QED) is 0.577. The van der Waals surface area contributed by atoms with Gasteiger partial charge in [-0.1, -0.05) is 0 Å². The maximum Gasteiger partial charge on any atom is 0.257 e. The Morgan fingerprint density at radius 1 is 1.50 bits per heavy atom. The summed E-state index contributed by atoms with van der Waals surface area (Å²) < 4.78 is 22.6. The summed E-state index contributed by atoms with van der Waals surface area (Å²) in [7, 11) is -2.72. The van der Waals surface area contributed by atoms with Crippen LogP contribution in [0.5, 0.6) is 0 Å². The first-order valence-corrected chi connectivity index (χ1v) is 7.62. The molecular formula is C8H10N2O4S2. The third-order valence-electron chi connectivity index (χ3n) is 1.64. The average Bonchev–Trinajstić information content (AvgIpc) is 2.61. The van der Waals surface area contributed by atoms with Crippen molar-refractivity contribution >= 4 is 31.4 Å². The van der Waals surface area contributed by atoms with E-state index in [9.17, 15) is 18.0 Å². The lowest BCUT2D eigenvalue weighted by Gasteiger charge is -1.98. The maximum absolute atomic E-state index is 11.4. The third kappa shape index (κ3) is 3.78. The monoisotopic (exact) mass is 262 g/mol. The lowest BCUT2D eigenvalue weighted by molar-refractivity contribution is 0.0927. The van der Waals surface area contributed by atoms with Crippen molar-refractivity contribution < 1.29 is 18.0 Å². The van der Waals surface area contributed by atoms with Crippen LogP contribution in [0.3, 0.4) is 0 Å². The number of carbonyl (C=O) groups is 2. The second-order valence-corrected chi connectivity index (χ2v) is 7.55. The van der Waals surface area contributed by atoms with Gasteiger partial charge in [0.1, 0.15) is 0 Å². The highest BCUT2D eigenvalue weighted by molar-refractivity contribution is 8.72. The van der Waals surface area contributed by atoms with Gasteiger partial charge in [0.2, 0.25) is 0 Å². The number of Topliss-reactive ketones (excluding diaryl/α,β-unsaturated/α-hetero) is 1. The van der Waals surface area contributed by atoms with E-state index in [4.69, 9.17) is 0 Å². The molecule has 0 amide bonds. The fraction of sp³-hybridized carbons (Fsp3) is 0.375. The van der Waals surface area contributed by atoms with E-state index >= 15 is 0 Å². The normalized spacial score (nSPS) is 11.4. The molecule has 1 aromatic rings. The van der Waals surface area contributed by atoms with Gasteiger partial charge in [0.15, 0.2) is 14.7 Å². The zero-order valence-electron chi connectivity index (χ0n) is 8.71. The molecule has 0 saturated carbocycles. The van der Waals surface area contributed by atoms with E-state index in [1.165, 1.54) is 19.3 Å². The summed E-state index contributed by atoms with van der Waals surface area (Å²) >= 11 is 0. The minimum absolute atomic E-state index is 0.199. The van der Waals surface area contributed by atoms with Gasteiger partial charge in [-0.05, 0) is 17.7 Å². The van der Waals surface area contributed by atoms with Crippen LogP contribution in [0.2, 0.25) is 0 Å². The van der Waals surface area contributed by atoms with Gasteiger partial charge in [0.25, 0.3) is 5.91 Å². The fourth-order valence-corrected chi connectivity index (χ4v) is 2.26. The van der Waals surface area contributed by atoms with Crippen LogP contribution in [0.15, 0.2) is 12.4 Å². The Kier molecular flexibility index (Phi) is 3.87. The van der Waals surface area contributed by atoms with Gasteiger partial charge in [-0.3, -0.25) is 9.59 Å². The molecule has 16 heavy (non-hydrogen) atoms. The summed E-state index contributed by atoms with van der Waals surface area (Å²) in [4.78, 5) is 22.4. The van der Waals surface area contributed by atoms with Crippen LogP contribution in [0, 0.1) is 0 Å².